The van der Waals surface area contributed by atoms with Crippen LogP contribution in [0, 0.1) is 0 Å². The molecule has 2 fully saturated rings. The zero-order valence-electron chi connectivity index (χ0n) is 20.3. The van der Waals surface area contributed by atoms with E-state index in [1.807, 2.05) is 0 Å². The zero-order chi connectivity index (χ0) is 24.4. The average molecular weight is 541 g/mol. The number of benzene rings is 2. The molecule has 2 aromatic rings. The first-order valence-corrected chi connectivity index (χ1v) is 13.3. The minimum absolute atomic E-state index is 0.00819. The molecule has 8 heteroatoms. The topological polar surface area (TPSA) is 65.1 Å². The highest BCUT2D eigenvalue weighted by Crippen LogP contribution is 2.36. The molecule has 186 valence electrons. The molecule has 1 aliphatic carbocycles. The van der Waals surface area contributed by atoms with Gasteiger partial charge in [0.1, 0.15) is 0 Å². The van der Waals surface area contributed by atoms with Gasteiger partial charge < -0.3 is 24.8 Å². The van der Waals surface area contributed by atoms with Gasteiger partial charge in [-0.3, -0.25) is 9.59 Å². The van der Waals surface area contributed by atoms with Crippen LogP contribution in [-0.2, 0) is 17.6 Å². The monoisotopic (exact) mass is 540 g/mol. The number of amides is 2. The van der Waals surface area contributed by atoms with Gasteiger partial charge in [-0.2, -0.15) is 0 Å². The molecule has 2 heterocycles. The van der Waals surface area contributed by atoms with Gasteiger partial charge in [0.05, 0.1) is 13.2 Å². The number of nitrogens with one attached hydrogen (secondary N) is 1. The fourth-order valence-electron chi connectivity index (χ4n) is 5.27. The van der Waals surface area contributed by atoms with Crippen LogP contribution in [0.1, 0.15) is 38.3 Å². The lowest BCUT2D eigenvalue weighted by atomic mass is 9.86. The fourth-order valence-corrected chi connectivity index (χ4v) is 5.84. The number of anilines is 1. The van der Waals surface area contributed by atoms with Crippen molar-refractivity contribution in [3.8, 4) is 0 Å². The van der Waals surface area contributed by atoms with Crippen molar-refractivity contribution >= 4 is 33.4 Å². The first-order chi connectivity index (χ1) is 17.0. The van der Waals surface area contributed by atoms with Crippen molar-refractivity contribution in [3.05, 3.63) is 63.1 Å². The predicted molar refractivity (Wildman–Crippen MR) is 140 cm³/mol. The number of hydrogen-bond donors (Lipinski definition) is 1. The second-order valence-electron chi connectivity index (χ2n) is 9.71. The summed E-state index contributed by atoms with van der Waals surface area (Å²) in [4.78, 5) is 32.4. The molecule has 7 nitrogen and oxygen atoms in total. The Morgan fingerprint density at radius 2 is 1.60 bits per heavy atom. The van der Waals surface area contributed by atoms with Crippen molar-refractivity contribution in [1.82, 2.24) is 15.1 Å². The highest BCUT2D eigenvalue weighted by atomic mass is 79.9. The summed E-state index contributed by atoms with van der Waals surface area (Å²) in [6, 6.07) is 11.5. The Balaban J connectivity index is 1.25. The number of rotatable bonds is 4. The van der Waals surface area contributed by atoms with Gasteiger partial charge in [-0.25, -0.2) is 0 Å². The van der Waals surface area contributed by atoms with Crippen LogP contribution in [0.2, 0.25) is 0 Å². The summed E-state index contributed by atoms with van der Waals surface area (Å²) in [6.45, 7) is 6.54. The lowest BCUT2D eigenvalue weighted by Gasteiger charge is -2.37. The number of morpholine rings is 1. The standard InChI is InChI=1S/C27H33BrN4O3/c1-30-10-12-31(13-11-30)25-9-8-24(28)22-7-6-21(18-23(22)25)29-26(33)19-2-4-20(5-3-19)27(34)32-14-16-35-17-15-32/h2-5,8-9,21H,6-7,10-18H2,1H3,(H,29,33). The summed E-state index contributed by atoms with van der Waals surface area (Å²) in [6.07, 6.45) is 2.68. The van der Waals surface area contributed by atoms with Crippen molar-refractivity contribution in [2.24, 2.45) is 0 Å². The van der Waals surface area contributed by atoms with E-state index in [0.29, 0.717) is 37.4 Å². The van der Waals surface area contributed by atoms with E-state index in [1.54, 1.807) is 29.2 Å². The third-order valence-electron chi connectivity index (χ3n) is 7.41. The van der Waals surface area contributed by atoms with Gasteiger partial charge in [-0.15, -0.1) is 0 Å². The van der Waals surface area contributed by atoms with Gasteiger partial charge in [-0.05, 0) is 73.8 Å². The third kappa shape index (κ3) is 5.39. The largest absolute Gasteiger partial charge is 0.378 e. The van der Waals surface area contributed by atoms with E-state index in [2.05, 4.69) is 50.2 Å². The maximum absolute atomic E-state index is 13.0. The van der Waals surface area contributed by atoms with Gasteiger partial charge in [0.25, 0.3) is 11.8 Å². The van der Waals surface area contributed by atoms with Crippen molar-refractivity contribution in [2.75, 3.05) is 64.4 Å². The zero-order valence-corrected chi connectivity index (χ0v) is 21.8. The molecule has 2 saturated heterocycles. The van der Waals surface area contributed by atoms with Gasteiger partial charge in [-0.1, -0.05) is 15.9 Å². The quantitative estimate of drug-likeness (QED) is 0.645. The Hall–Kier alpha value is -2.42. The lowest BCUT2D eigenvalue weighted by molar-refractivity contribution is 0.0303. The Labute approximate surface area is 215 Å². The number of piperazine rings is 1. The molecule has 0 aromatic heterocycles. The van der Waals surface area contributed by atoms with E-state index in [1.165, 1.54) is 16.8 Å². The average Bonchev–Trinajstić information content (AvgIpc) is 2.90. The molecule has 2 amide bonds. The van der Waals surface area contributed by atoms with Gasteiger partial charge in [0.15, 0.2) is 0 Å². The summed E-state index contributed by atoms with van der Waals surface area (Å²) in [5, 5.41) is 3.25. The van der Waals surface area contributed by atoms with E-state index in [9.17, 15) is 9.59 Å². The fraction of sp³-hybridized carbons (Fsp3) is 0.481. The lowest BCUT2D eigenvalue weighted by Crippen LogP contribution is -2.45. The first kappa shape index (κ1) is 24.3. The molecule has 0 spiro atoms. The minimum atomic E-state index is -0.0834. The molecular formula is C27H33BrN4O3. The number of hydrogen-bond acceptors (Lipinski definition) is 5. The number of ether oxygens (including phenoxy) is 1. The molecule has 0 saturated carbocycles. The number of carbonyl (C=O) groups excluding carboxylic acids is 2. The smallest absolute Gasteiger partial charge is 0.254 e. The van der Waals surface area contributed by atoms with E-state index in [-0.39, 0.29) is 17.9 Å². The van der Waals surface area contributed by atoms with Crippen LogP contribution in [0.5, 0.6) is 0 Å². The molecule has 35 heavy (non-hydrogen) atoms. The predicted octanol–water partition coefficient (Wildman–Crippen LogP) is 2.96. The summed E-state index contributed by atoms with van der Waals surface area (Å²) >= 11 is 3.75. The Morgan fingerprint density at radius 3 is 2.31 bits per heavy atom. The SMILES string of the molecule is CN1CCN(c2ccc(Br)c3c2CC(NC(=O)c2ccc(C(=O)N4CCOCC4)cc2)CC3)CC1. The van der Waals surface area contributed by atoms with Gasteiger partial charge in [0, 0.05) is 66.6 Å². The van der Waals surface area contributed by atoms with Crippen LogP contribution >= 0.6 is 15.9 Å². The van der Waals surface area contributed by atoms with Crippen LogP contribution in [0.25, 0.3) is 0 Å². The van der Waals surface area contributed by atoms with Crippen LogP contribution in [0.4, 0.5) is 5.69 Å². The molecule has 3 aliphatic rings. The van der Waals surface area contributed by atoms with Crippen LogP contribution in [0.3, 0.4) is 0 Å². The van der Waals surface area contributed by atoms with Crippen LogP contribution < -0.4 is 10.2 Å². The van der Waals surface area contributed by atoms with E-state index in [4.69, 9.17) is 4.74 Å². The molecule has 2 aromatic carbocycles. The highest BCUT2D eigenvalue weighted by molar-refractivity contribution is 9.10. The van der Waals surface area contributed by atoms with E-state index in [0.717, 1.165) is 49.9 Å². The summed E-state index contributed by atoms with van der Waals surface area (Å²) in [5.74, 6) is -0.0916. The second-order valence-corrected chi connectivity index (χ2v) is 10.6. The first-order valence-electron chi connectivity index (χ1n) is 12.5. The van der Waals surface area contributed by atoms with Crippen molar-refractivity contribution < 1.29 is 14.3 Å². The summed E-state index contributed by atoms with van der Waals surface area (Å²) < 4.78 is 6.49. The molecule has 1 unspecified atom stereocenters. The molecular weight excluding hydrogens is 508 g/mol. The number of halogens is 1. The molecule has 0 radical (unpaired) electrons. The molecule has 1 N–H and O–H groups in total. The van der Waals surface area contributed by atoms with Gasteiger partial charge >= 0.3 is 0 Å². The maximum atomic E-state index is 13.0. The Kier molecular flexibility index (Phi) is 7.41. The van der Waals surface area contributed by atoms with Crippen molar-refractivity contribution in [3.63, 3.8) is 0 Å². The van der Waals surface area contributed by atoms with E-state index < -0.39 is 0 Å². The van der Waals surface area contributed by atoms with E-state index >= 15 is 0 Å². The number of fused-ring (bicyclic) bond motifs is 1. The Bertz CT molecular complexity index is 1080. The van der Waals surface area contributed by atoms with Gasteiger partial charge in [0.2, 0.25) is 0 Å². The van der Waals surface area contributed by atoms with Crippen molar-refractivity contribution in [1.29, 1.82) is 0 Å². The highest BCUT2D eigenvalue weighted by Gasteiger charge is 2.27. The third-order valence-corrected chi connectivity index (χ3v) is 8.16. The Morgan fingerprint density at radius 1 is 0.914 bits per heavy atom. The molecule has 0 bridgehead atoms. The second kappa shape index (κ2) is 10.7. The minimum Gasteiger partial charge on any atom is -0.378 e. The van der Waals surface area contributed by atoms with Crippen LogP contribution in [-0.4, -0.2) is 87.2 Å². The van der Waals surface area contributed by atoms with Crippen molar-refractivity contribution in [2.45, 2.75) is 25.3 Å². The summed E-state index contributed by atoms with van der Waals surface area (Å²) in [5.41, 5.74) is 5.23. The van der Waals surface area contributed by atoms with Crippen LogP contribution in [0.15, 0.2) is 40.9 Å². The number of carbonyl (C=O) groups is 2. The normalized spacial score (nSPS) is 20.9. The molecule has 5 rings (SSSR count). The number of likely N-dealkylation sites (N-methyl/N-ethyl adjacent to an activating group) is 1. The maximum Gasteiger partial charge on any atom is 0.254 e. The number of nitrogens with zero attached hydrogens (tertiary/aromatic N) is 3. The molecule has 2 aliphatic heterocycles. The molecule has 1 atom stereocenters. The summed E-state index contributed by atoms with van der Waals surface area (Å²) in [7, 11) is 2.17.